The van der Waals surface area contributed by atoms with Gasteiger partial charge in [-0.2, -0.15) is 5.10 Å². The highest BCUT2D eigenvalue weighted by atomic mass is 19.1. The minimum atomic E-state index is -0.270. The number of halogens is 1. The van der Waals surface area contributed by atoms with Crippen LogP contribution >= 0.6 is 0 Å². The van der Waals surface area contributed by atoms with Crippen LogP contribution in [0.25, 0.3) is 16.5 Å². The van der Waals surface area contributed by atoms with E-state index in [0.29, 0.717) is 5.52 Å². The molecule has 1 aromatic carbocycles. The lowest BCUT2D eigenvalue weighted by molar-refractivity contribution is 0.631. The Morgan fingerprint density at radius 2 is 2.13 bits per heavy atom. The average molecular weight is 204 g/mol. The van der Waals surface area contributed by atoms with Crippen LogP contribution in [0, 0.1) is 12.7 Å². The maximum Gasteiger partial charge on any atom is 0.151 e. The Balaban J connectivity index is 2.93. The van der Waals surface area contributed by atoms with Crippen LogP contribution in [0.5, 0.6) is 0 Å². The fourth-order valence-corrected chi connectivity index (χ4v) is 1.90. The number of fused-ring (bicyclic) bond motifs is 1. The van der Waals surface area contributed by atoms with Gasteiger partial charge in [0, 0.05) is 12.4 Å². The zero-order valence-corrected chi connectivity index (χ0v) is 9.13. The van der Waals surface area contributed by atoms with E-state index in [-0.39, 0.29) is 5.82 Å². The molecule has 0 aliphatic heterocycles. The van der Waals surface area contributed by atoms with E-state index in [2.05, 4.69) is 11.7 Å². The highest BCUT2D eigenvalue weighted by Gasteiger charge is 2.13. The van der Waals surface area contributed by atoms with Crippen LogP contribution in [0.1, 0.15) is 18.2 Å². The SMILES string of the molecule is C=C(C)c1c2cc(C)cc(F)c2nn1C. The Kier molecular flexibility index (Phi) is 2.11. The molecule has 1 heterocycles. The molecular weight excluding hydrogens is 191 g/mol. The first-order valence-corrected chi connectivity index (χ1v) is 4.79. The summed E-state index contributed by atoms with van der Waals surface area (Å²) in [5.41, 5.74) is 3.11. The number of aryl methyl sites for hydroxylation is 2. The van der Waals surface area contributed by atoms with E-state index in [4.69, 9.17) is 0 Å². The summed E-state index contributed by atoms with van der Waals surface area (Å²) in [5.74, 6) is -0.270. The Hall–Kier alpha value is -1.64. The molecule has 0 saturated carbocycles. The van der Waals surface area contributed by atoms with Crippen LogP contribution < -0.4 is 0 Å². The first kappa shape index (κ1) is 9.90. The number of rotatable bonds is 1. The second-order valence-corrected chi connectivity index (χ2v) is 3.90. The second-order valence-electron chi connectivity index (χ2n) is 3.90. The summed E-state index contributed by atoms with van der Waals surface area (Å²) in [6.45, 7) is 7.66. The van der Waals surface area contributed by atoms with Gasteiger partial charge in [0.2, 0.25) is 0 Å². The van der Waals surface area contributed by atoms with Crippen molar-refractivity contribution in [2.45, 2.75) is 13.8 Å². The van der Waals surface area contributed by atoms with Gasteiger partial charge in [-0.3, -0.25) is 4.68 Å². The van der Waals surface area contributed by atoms with Crippen LogP contribution in [0.15, 0.2) is 18.7 Å². The topological polar surface area (TPSA) is 17.8 Å². The minimum Gasteiger partial charge on any atom is -0.267 e. The lowest BCUT2D eigenvalue weighted by atomic mass is 10.1. The molecule has 0 radical (unpaired) electrons. The van der Waals surface area contributed by atoms with Gasteiger partial charge in [0.1, 0.15) is 5.52 Å². The summed E-state index contributed by atoms with van der Waals surface area (Å²) in [6.07, 6.45) is 0. The number of aromatic nitrogens is 2. The van der Waals surface area contributed by atoms with Crippen molar-refractivity contribution in [2.24, 2.45) is 7.05 Å². The van der Waals surface area contributed by atoms with Crippen molar-refractivity contribution in [2.75, 3.05) is 0 Å². The first-order chi connectivity index (χ1) is 7.00. The Labute approximate surface area is 88.0 Å². The first-order valence-electron chi connectivity index (χ1n) is 4.79. The van der Waals surface area contributed by atoms with E-state index in [1.807, 2.05) is 19.9 Å². The molecule has 0 bridgehead atoms. The summed E-state index contributed by atoms with van der Waals surface area (Å²) in [4.78, 5) is 0. The van der Waals surface area contributed by atoms with Crippen molar-refractivity contribution < 1.29 is 4.39 Å². The molecule has 0 spiro atoms. The highest BCUT2D eigenvalue weighted by molar-refractivity contribution is 5.90. The van der Waals surface area contributed by atoms with Gasteiger partial charge in [0.25, 0.3) is 0 Å². The van der Waals surface area contributed by atoms with Gasteiger partial charge in [-0.25, -0.2) is 4.39 Å². The average Bonchev–Trinajstić information content (AvgIpc) is 2.41. The zero-order valence-electron chi connectivity index (χ0n) is 9.13. The molecule has 0 atom stereocenters. The van der Waals surface area contributed by atoms with E-state index in [1.54, 1.807) is 11.7 Å². The van der Waals surface area contributed by atoms with Crippen molar-refractivity contribution >= 4 is 16.5 Å². The predicted octanol–water partition coefficient (Wildman–Crippen LogP) is 3.05. The molecule has 2 aromatic rings. The fraction of sp³-hybridized carbons (Fsp3) is 0.250. The van der Waals surface area contributed by atoms with E-state index >= 15 is 0 Å². The Morgan fingerprint density at radius 1 is 1.47 bits per heavy atom. The third kappa shape index (κ3) is 1.44. The van der Waals surface area contributed by atoms with Gasteiger partial charge < -0.3 is 0 Å². The van der Waals surface area contributed by atoms with Crippen molar-refractivity contribution in [3.8, 4) is 0 Å². The van der Waals surface area contributed by atoms with Crippen molar-refractivity contribution in [3.05, 3.63) is 35.8 Å². The van der Waals surface area contributed by atoms with E-state index in [0.717, 1.165) is 22.2 Å². The normalized spacial score (nSPS) is 10.9. The third-order valence-electron chi connectivity index (χ3n) is 2.44. The third-order valence-corrected chi connectivity index (χ3v) is 2.44. The van der Waals surface area contributed by atoms with E-state index in [9.17, 15) is 4.39 Å². The molecule has 2 nitrogen and oxygen atoms in total. The standard InChI is InChI=1S/C12H13FN2/c1-7(2)12-9-5-8(3)6-10(13)11(9)14-15(12)4/h5-6H,1H2,2-4H3. The highest BCUT2D eigenvalue weighted by Crippen LogP contribution is 2.26. The molecule has 0 N–H and O–H groups in total. The lowest BCUT2D eigenvalue weighted by Gasteiger charge is -2.00. The van der Waals surface area contributed by atoms with Crippen molar-refractivity contribution in [3.63, 3.8) is 0 Å². The smallest absolute Gasteiger partial charge is 0.151 e. The summed E-state index contributed by atoms with van der Waals surface area (Å²) in [5, 5.41) is 4.99. The van der Waals surface area contributed by atoms with Gasteiger partial charge in [-0.05, 0) is 37.1 Å². The molecule has 0 amide bonds. The Bertz CT molecular complexity index is 552. The van der Waals surface area contributed by atoms with E-state index in [1.165, 1.54) is 6.07 Å². The molecule has 0 saturated heterocycles. The monoisotopic (exact) mass is 204 g/mol. The van der Waals surface area contributed by atoms with Crippen molar-refractivity contribution in [1.82, 2.24) is 9.78 Å². The van der Waals surface area contributed by atoms with Gasteiger partial charge >= 0.3 is 0 Å². The van der Waals surface area contributed by atoms with Crippen molar-refractivity contribution in [1.29, 1.82) is 0 Å². The summed E-state index contributed by atoms with van der Waals surface area (Å²) in [7, 11) is 1.80. The van der Waals surface area contributed by atoms with Gasteiger partial charge in [0.05, 0.1) is 5.69 Å². The summed E-state index contributed by atoms with van der Waals surface area (Å²) < 4.78 is 15.3. The molecule has 1 aromatic heterocycles. The molecule has 0 aliphatic rings. The maximum absolute atomic E-state index is 13.6. The van der Waals surface area contributed by atoms with Gasteiger partial charge in [0.15, 0.2) is 5.82 Å². The van der Waals surface area contributed by atoms with E-state index < -0.39 is 0 Å². The molecule has 78 valence electrons. The van der Waals surface area contributed by atoms with Crippen LogP contribution in [-0.4, -0.2) is 9.78 Å². The fourth-order valence-electron chi connectivity index (χ4n) is 1.90. The number of benzene rings is 1. The molecular formula is C12H13FN2. The molecule has 3 heteroatoms. The number of allylic oxidation sites excluding steroid dienone is 1. The predicted molar refractivity (Wildman–Crippen MR) is 60.1 cm³/mol. The maximum atomic E-state index is 13.6. The Morgan fingerprint density at radius 3 is 2.73 bits per heavy atom. The van der Waals surface area contributed by atoms with Crippen LogP contribution in [0.3, 0.4) is 0 Å². The molecule has 2 rings (SSSR count). The molecule has 0 aliphatic carbocycles. The number of hydrogen-bond donors (Lipinski definition) is 0. The second kappa shape index (κ2) is 3.19. The lowest BCUT2D eigenvalue weighted by Crippen LogP contribution is -1.94. The summed E-state index contributed by atoms with van der Waals surface area (Å²) >= 11 is 0. The van der Waals surface area contributed by atoms with Crippen LogP contribution in [-0.2, 0) is 7.05 Å². The van der Waals surface area contributed by atoms with Crippen LogP contribution in [0.4, 0.5) is 4.39 Å². The molecule has 0 unspecified atom stereocenters. The number of nitrogens with zero attached hydrogens (tertiary/aromatic N) is 2. The zero-order chi connectivity index (χ0) is 11.2. The van der Waals surface area contributed by atoms with Gasteiger partial charge in [-0.15, -0.1) is 0 Å². The largest absolute Gasteiger partial charge is 0.267 e. The summed E-state index contributed by atoms with van der Waals surface area (Å²) in [6, 6.07) is 3.44. The molecule has 15 heavy (non-hydrogen) atoms. The quantitative estimate of drug-likeness (QED) is 0.698. The van der Waals surface area contributed by atoms with Gasteiger partial charge in [-0.1, -0.05) is 6.58 Å². The number of hydrogen-bond acceptors (Lipinski definition) is 1. The minimum absolute atomic E-state index is 0.270. The molecule has 0 fully saturated rings. The van der Waals surface area contributed by atoms with Crippen LogP contribution in [0.2, 0.25) is 0 Å².